The molecule has 2 atom stereocenters. The molecule has 2 unspecified atom stereocenters. The molecule has 1 aromatic carbocycles. The average Bonchev–Trinajstić information content (AvgIpc) is 2.75. The highest BCUT2D eigenvalue weighted by atomic mass is 16.3. The predicted molar refractivity (Wildman–Crippen MR) is 67.6 cm³/mol. The van der Waals surface area contributed by atoms with Gasteiger partial charge >= 0.3 is 0 Å². The quantitative estimate of drug-likeness (QED) is 0.692. The number of nitrogens with one attached hydrogen (secondary N) is 2. The highest BCUT2D eigenvalue weighted by molar-refractivity contribution is 5.58. The number of phenolic OH excluding ortho intramolecular Hbond substituents is 1. The van der Waals surface area contributed by atoms with Crippen LogP contribution in [-0.2, 0) is 0 Å². The molecule has 17 heavy (non-hydrogen) atoms. The van der Waals surface area contributed by atoms with Crippen molar-refractivity contribution in [2.45, 2.75) is 44.7 Å². The summed E-state index contributed by atoms with van der Waals surface area (Å²) in [6, 6.07) is 6.66. The summed E-state index contributed by atoms with van der Waals surface area (Å²) < 4.78 is 0. The van der Waals surface area contributed by atoms with Gasteiger partial charge in [-0.2, -0.15) is 0 Å². The average molecular weight is 233 g/mol. The number of aromatic hydroxyl groups is 1. The first-order chi connectivity index (χ1) is 8.24. The van der Waals surface area contributed by atoms with Crippen molar-refractivity contribution in [1.29, 1.82) is 0 Å². The van der Waals surface area contributed by atoms with E-state index in [1.807, 2.05) is 24.2 Å². The number of hydrogen-bond acceptors (Lipinski definition) is 4. The fraction of sp³-hybridized carbons (Fsp3) is 0.538. The van der Waals surface area contributed by atoms with Crippen molar-refractivity contribution in [3.8, 4) is 5.75 Å². The van der Waals surface area contributed by atoms with Crippen LogP contribution in [0.5, 0.6) is 5.75 Å². The molecule has 2 fully saturated rings. The van der Waals surface area contributed by atoms with E-state index in [-0.39, 0.29) is 0 Å². The van der Waals surface area contributed by atoms with Gasteiger partial charge in [-0.1, -0.05) is 18.9 Å². The van der Waals surface area contributed by atoms with Crippen LogP contribution in [0.4, 0.5) is 5.69 Å². The second-order valence-corrected chi connectivity index (χ2v) is 5.08. The Balaban J connectivity index is 1.83. The van der Waals surface area contributed by atoms with Crippen LogP contribution in [0.15, 0.2) is 18.2 Å². The molecule has 0 spiro atoms. The molecule has 4 heteroatoms. The molecule has 3 rings (SSSR count). The lowest BCUT2D eigenvalue weighted by molar-refractivity contribution is 0.374. The minimum Gasteiger partial charge on any atom is -0.506 e. The van der Waals surface area contributed by atoms with E-state index >= 15 is 0 Å². The minimum absolute atomic E-state index is 0.314. The van der Waals surface area contributed by atoms with Crippen LogP contribution in [-0.4, -0.2) is 17.2 Å². The summed E-state index contributed by atoms with van der Waals surface area (Å²) in [7, 11) is 0. The van der Waals surface area contributed by atoms with Gasteiger partial charge in [-0.15, -0.1) is 0 Å². The molecule has 1 saturated heterocycles. The van der Waals surface area contributed by atoms with E-state index in [9.17, 15) is 5.11 Å². The molecule has 2 aliphatic rings. The van der Waals surface area contributed by atoms with Gasteiger partial charge in [-0.05, 0) is 37.5 Å². The van der Waals surface area contributed by atoms with Gasteiger partial charge in [0.25, 0.3) is 0 Å². The number of hydrogen-bond donors (Lipinski definition) is 3. The van der Waals surface area contributed by atoms with Crippen LogP contribution in [0.2, 0.25) is 0 Å². The normalized spacial score (nSPS) is 28.2. The first kappa shape index (κ1) is 10.9. The molecule has 3 N–H and O–H groups in total. The maximum absolute atomic E-state index is 9.91. The van der Waals surface area contributed by atoms with Gasteiger partial charge in [0, 0.05) is 12.1 Å². The van der Waals surface area contributed by atoms with E-state index in [1.165, 1.54) is 25.7 Å². The topological polar surface area (TPSA) is 47.5 Å². The summed E-state index contributed by atoms with van der Waals surface area (Å²) in [5, 5.41) is 11.8. The molecule has 1 aliphatic carbocycles. The van der Waals surface area contributed by atoms with Gasteiger partial charge in [0.2, 0.25) is 0 Å². The Labute approximate surface area is 102 Å². The maximum atomic E-state index is 9.91. The molecule has 1 heterocycles. The largest absolute Gasteiger partial charge is 0.506 e. The van der Waals surface area contributed by atoms with Crippen molar-refractivity contribution >= 4 is 5.69 Å². The molecule has 92 valence electrons. The zero-order valence-corrected chi connectivity index (χ0v) is 10.1. The second kappa shape index (κ2) is 4.20. The summed E-state index contributed by atoms with van der Waals surface area (Å²) in [6.45, 7) is 2.03. The number of fused-ring (bicyclic) bond motifs is 1. The van der Waals surface area contributed by atoms with E-state index in [0.717, 1.165) is 11.3 Å². The van der Waals surface area contributed by atoms with E-state index in [2.05, 4.69) is 10.9 Å². The molecule has 1 saturated carbocycles. The van der Waals surface area contributed by atoms with Crippen LogP contribution in [0.3, 0.4) is 0 Å². The number of hydrazine groups is 2. The molecule has 0 aromatic heterocycles. The molecule has 0 bridgehead atoms. The van der Waals surface area contributed by atoms with Crippen LogP contribution in [0, 0.1) is 6.92 Å². The van der Waals surface area contributed by atoms with Crippen LogP contribution >= 0.6 is 0 Å². The van der Waals surface area contributed by atoms with Gasteiger partial charge < -0.3 is 5.11 Å². The zero-order valence-electron chi connectivity index (χ0n) is 10.1. The van der Waals surface area contributed by atoms with Crippen LogP contribution in [0.1, 0.15) is 31.2 Å². The predicted octanol–water partition coefficient (Wildman–Crippen LogP) is 1.84. The maximum Gasteiger partial charge on any atom is 0.141 e. The number of phenols is 1. The van der Waals surface area contributed by atoms with Crippen molar-refractivity contribution in [3.63, 3.8) is 0 Å². The van der Waals surface area contributed by atoms with Gasteiger partial charge in [0.1, 0.15) is 11.4 Å². The summed E-state index contributed by atoms with van der Waals surface area (Å²) in [6.07, 6.45) is 5.01. The molecular weight excluding hydrogens is 214 g/mol. The van der Waals surface area contributed by atoms with Gasteiger partial charge in [0.05, 0.1) is 0 Å². The Morgan fingerprint density at radius 2 is 1.82 bits per heavy atom. The number of anilines is 1. The fourth-order valence-corrected chi connectivity index (χ4v) is 2.76. The Morgan fingerprint density at radius 1 is 1.18 bits per heavy atom. The lowest BCUT2D eigenvalue weighted by atomic mass is 9.92. The van der Waals surface area contributed by atoms with Crippen LogP contribution in [0.25, 0.3) is 0 Å². The highest BCUT2D eigenvalue weighted by Crippen LogP contribution is 2.30. The zero-order chi connectivity index (χ0) is 11.8. The summed E-state index contributed by atoms with van der Waals surface area (Å²) in [5.74, 6) is 0.314. The van der Waals surface area contributed by atoms with E-state index in [4.69, 9.17) is 0 Å². The Hall–Kier alpha value is -1.26. The number of rotatable bonds is 1. The van der Waals surface area contributed by atoms with Crippen molar-refractivity contribution in [2.24, 2.45) is 0 Å². The van der Waals surface area contributed by atoms with Gasteiger partial charge in [-0.25, -0.2) is 16.0 Å². The monoisotopic (exact) mass is 233 g/mol. The lowest BCUT2D eigenvalue weighted by Crippen LogP contribution is -2.40. The Kier molecular flexibility index (Phi) is 2.68. The first-order valence-corrected chi connectivity index (χ1v) is 6.36. The first-order valence-electron chi connectivity index (χ1n) is 6.36. The molecule has 1 aliphatic heterocycles. The van der Waals surface area contributed by atoms with Crippen molar-refractivity contribution in [2.75, 3.05) is 5.12 Å². The number of aryl methyl sites for hydroxylation is 1. The molecular formula is C13H19N3O. The third-order valence-corrected chi connectivity index (χ3v) is 3.73. The molecule has 0 radical (unpaired) electrons. The summed E-state index contributed by atoms with van der Waals surface area (Å²) in [5.41, 5.74) is 8.85. The SMILES string of the molecule is Cc1ccc(O)c(N2NC3CCCCC3N2)c1. The number of nitrogens with zero attached hydrogens (tertiary/aromatic N) is 1. The van der Waals surface area contributed by atoms with Gasteiger partial charge in [0.15, 0.2) is 0 Å². The fourth-order valence-electron chi connectivity index (χ4n) is 2.76. The van der Waals surface area contributed by atoms with E-state index < -0.39 is 0 Å². The number of benzene rings is 1. The second-order valence-electron chi connectivity index (χ2n) is 5.08. The lowest BCUT2D eigenvalue weighted by Gasteiger charge is -2.21. The minimum atomic E-state index is 0.314. The Morgan fingerprint density at radius 3 is 2.47 bits per heavy atom. The Bertz CT molecular complexity index is 407. The van der Waals surface area contributed by atoms with Crippen molar-refractivity contribution < 1.29 is 5.11 Å². The standard InChI is InChI=1S/C13H19N3O/c1-9-6-7-13(17)12(8-9)16-14-10-4-2-3-5-11(10)15-16/h6-8,10-11,14-15,17H,2-5H2,1H3. The van der Waals surface area contributed by atoms with Gasteiger partial charge in [-0.3, -0.25) is 0 Å². The summed E-state index contributed by atoms with van der Waals surface area (Å²) in [4.78, 5) is 0. The van der Waals surface area contributed by atoms with Crippen molar-refractivity contribution in [3.05, 3.63) is 23.8 Å². The van der Waals surface area contributed by atoms with Crippen LogP contribution < -0.4 is 16.0 Å². The highest BCUT2D eigenvalue weighted by Gasteiger charge is 2.34. The summed E-state index contributed by atoms with van der Waals surface area (Å²) >= 11 is 0. The molecule has 0 amide bonds. The third kappa shape index (κ3) is 1.98. The molecule has 4 nitrogen and oxygen atoms in total. The molecule has 1 aromatic rings. The third-order valence-electron chi connectivity index (χ3n) is 3.73. The van der Waals surface area contributed by atoms with E-state index in [0.29, 0.717) is 17.8 Å². The van der Waals surface area contributed by atoms with Crippen molar-refractivity contribution in [1.82, 2.24) is 10.9 Å². The smallest absolute Gasteiger partial charge is 0.141 e. The van der Waals surface area contributed by atoms with E-state index in [1.54, 1.807) is 6.07 Å².